The van der Waals surface area contributed by atoms with Crippen LogP contribution in [0.3, 0.4) is 0 Å². The Labute approximate surface area is 274 Å². The molecule has 0 radical (unpaired) electrons. The van der Waals surface area contributed by atoms with Crippen molar-refractivity contribution in [3.05, 3.63) is 107 Å². The Kier molecular flexibility index (Phi) is 11.8. The van der Waals surface area contributed by atoms with Crippen LogP contribution in [0.15, 0.2) is 84.9 Å². The molecule has 1 aliphatic rings. The quantitative estimate of drug-likeness (QED) is 0.222. The molecular formula is C35H42N4O6S. The normalized spacial score (nSPS) is 17.3. The van der Waals surface area contributed by atoms with Crippen LogP contribution in [0.2, 0.25) is 0 Å². The van der Waals surface area contributed by atoms with Crippen molar-refractivity contribution in [2.24, 2.45) is 0 Å². The summed E-state index contributed by atoms with van der Waals surface area (Å²) in [6.07, 6.45) is -1.37. The molecule has 46 heavy (non-hydrogen) atoms. The summed E-state index contributed by atoms with van der Waals surface area (Å²) in [5.74, 6) is -1.45. The average molecular weight is 647 g/mol. The number of aliphatic hydroxyl groups excluding tert-OH is 1. The lowest BCUT2D eigenvalue weighted by atomic mass is 9.97. The number of thioether (sulfide) groups is 1. The molecule has 4 rings (SSSR count). The smallest absolute Gasteiger partial charge is 0.328 e. The number of hydrogen-bond acceptors (Lipinski definition) is 7. The fraction of sp³-hybridized carbons (Fsp3) is 0.371. The number of amides is 4. The van der Waals surface area contributed by atoms with Crippen LogP contribution in [0.4, 0.5) is 4.79 Å². The van der Waals surface area contributed by atoms with Gasteiger partial charge in [-0.1, -0.05) is 84.9 Å². The highest BCUT2D eigenvalue weighted by Gasteiger charge is 2.49. The minimum absolute atomic E-state index is 0.122. The second-order valence-corrected chi connectivity index (χ2v) is 13.5. The molecule has 0 spiro atoms. The van der Waals surface area contributed by atoms with Gasteiger partial charge in [0.05, 0.1) is 19.0 Å². The molecule has 1 aliphatic heterocycles. The average Bonchev–Trinajstić information content (AvgIpc) is 3.38. The number of esters is 1. The van der Waals surface area contributed by atoms with E-state index in [0.717, 1.165) is 22.3 Å². The molecule has 244 valence electrons. The fourth-order valence-corrected chi connectivity index (χ4v) is 6.65. The topological polar surface area (TPSA) is 137 Å². The molecule has 4 atom stereocenters. The van der Waals surface area contributed by atoms with Crippen molar-refractivity contribution in [2.75, 3.05) is 13.0 Å². The van der Waals surface area contributed by atoms with E-state index >= 15 is 0 Å². The first-order valence-electron chi connectivity index (χ1n) is 15.2. The van der Waals surface area contributed by atoms with E-state index in [0.29, 0.717) is 6.54 Å². The molecule has 1 fully saturated rings. The highest BCUT2D eigenvalue weighted by molar-refractivity contribution is 8.00. The summed E-state index contributed by atoms with van der Waals surface area (Å²) in [5, 5.41) is 19.9. The highest BCUT2D eigenvalue weighted by Crippen LogP contribution is 2.40. The Bertz CT molecular complexity index is 1500. The van der Waals surface area contributed by atoms with Crippen LogP contribution < -0.4 is 16.0 Å². The summed E-state index contributed by atoms with van der Waals surface area (Å²) in [7, 11) is 1.24. The van der Waals surface area contributed by atoms with Gasteiger partial charge in [0.2, 0.25) is 5.91 Å². The van der Waals surface area contributed by atoms with Gasteiger partial charge in [-0.2, -0.15) is 0 Å². The number of carbonyl (C=O) groups is 4. The zero-order valence-corrected chi connectivity index (χ0v) is 27.4. The maximum absolute atomic E-state index is 13.9. The standard InChI is InChI=1S/C35H42N4O6S/c1-23-13-11-12-18-26(23)21-36-31(41)30-35(2,3)46-22-39(30)32(42)29(40)27(19-24-14-7-5-8-15-24)37-34(44)38-28(33(43)45-4)20-25-16-9-6-10-17-25/h5-18,27-30,40H,19-22H2,1-4H3,(H,36,41)(H2,37,38,44)/t27-,28?,29-,30+/m0/s1. The number of rotatable bonds is 12. The van der Waals surface area contributed by atoms with E-state index in [1.54, 1.807) is 0 Å². The molecule has 10 nitrogen and oxygen atoms in total. The molecule has 3 aromatic rings. The third-order valence-corrected chi connectivity index (χ3v) is 9.49. The molecular weight excluding hydrogens is 604 g/mol. The van der Waals surface area contributed by atoms with E-state index in [9.17, 15) is 24.3 Å². The summed E-state index contributed by atoms with van der Waals surface area (Å²) >= 11 is 1.44. The fourth-order valence-electron chi connectivity index (χ4n) is 5.51. The predicted octanol–water partition coefficient (Wildman–Crippen LogP) is 3.35. The van der Waals surface area contributed by atoms with Crippen LogP contribution in [0, 0.1) is 6.92 Å². The Morgan fingerprint density at radius 2 is 1.50 bits per heavy atom. The number of ether oxygens (including phenoxy) is 1. The largest absolute Gasteiger partial charge is 0.467 e. The van der Waals surface area contributed by atoms with Gasteiger partial charge in [0.15, 0.2) is 6.10 Å². The number of aliphatic hydroxyl groups is 1. The number of hydrogen-bond donors (Lipinski definition) is 4. The molecule has 1 saturated heterocycles. The highest BCUT2D eigenvalue weighted by atomic mass is 32.2. The van der Waals surface area contributed by atoms with Crippen LogP contribution in [-0.4, -0.2) is 75.8 Å². The predicted molar refractivity (Wildman–Crippen MR) is 178 cm³/mol. The number of methoxy groups -OCH3 is 1. The lowest BCUT2D eigenvalue weighted by Gasteiger charge is -2.33. The molecule has 0 bridgehead atoms. The van der Waals surface area contributed by atoms with E-state index in [-0.39, 0.29) is 24.6 Å². The molecule has 4 N–H and O–H groups in total. The van der Waals surface area contributed by atoms with Crippen LogP contribution >= 0.6 is 11.8 Å². The van der Waals surface area contributed by atoms with Gasteiger partial charge in [0.1, 0.15) is 12.1 Å². The molecule has 4 amide bonds. The summed E-state index contributed by atoms with van der Waals surface area (Å²) in [4.78, 5) is 54.7. The van der Waals surface area contributed by atoms with Crippen molar-refractivity contribution in [1.29, 1.82) is 0 Å². The summed E-state index contributed by atoms with van der Waals surface area (Å²) in [5.41, 5.74) is 3.60. The van der Waals surface area contributed by atoms with Crippen LogP contribution in [0.5, 0.6) is 0 Å². The Morgan fingerprint density at radius 1 is 0.913 bits per heavy atom. The van der Waals surface area contributed by atoms with Gasteiger partial charge in [-0.15, -0.1) is 11.8 Å². The van der Waals surface area contributed by atoms with Crippen molar-refractivity contribution in [1.82, 2.24) is 20.9 Å². The van der Waals surface area contributed by atoms with E-state index in [2.05, 4.69) is 16.0 Å². The number of aryl methyl sites for hydroxylation is 1. The zero-order chi connectivity index (χ0) is 33.3. The van der Waals surface area contributed by atoms with Crippen molar-refractivity contribution in [3.8, 4) is 0 Å². The van der Waals surface area contributed by atoms with Gasteiger partial charge in [-0.05, 0) is 49.4 Å². The van der Waals surface area contributed by atoms with Gasteiger partial charge in [-0.25, -0.2) is 9.59 Å². The van der Waals surface area contributed by atoms with E-state index in [4.69, 9.17) is 4.74 Å². The summed E-state index contributed by atoms with van der Waals surface area (Å²) in [6, 6.07) is 22.4. The van der Waals surface area contributed by atoms with Crippen molar-refractivity contribution >= 4 is 35.6 Å². The van der Waals surface area contributed by atoms with Crippen molar-refractivity contribution in [2.45, 2.75) is 69.1 Å². The SMILES string of the molecule is COC(=O)C(Cc1ccccc1)NC(=O)N[C@@H](Cc1ccccc1)[C@H](O)C(=O)N1CSC(C)(C)[C@H]1C(=O)NCc1ccccc1C. The van der Waals surface area contributed by atoms with Gasteiger partial charge in [-0.3, -0.25) is 9.59 Å². The Morgan fingerprint density at radius 3 is 2.11 bits per heavy atom. The van der Waals surface area contributed by atoms with E-state index < -0.39 is 46.9 Å². The first kappa shape index (κ1) is 34.5. The zero-order valence-electron chi connectivity index (χ0n) is 26.6. The Hall–Kier alpha value is -4.35. The first-order valence-corrected chi connectivity index (χ1v) is 16.2. The van der Waals surface area contributed by atoms with Gasteiger partial charge < -0.3 is 30.7 Å². The maximum atomic E-state index is 13.9. The number of urea groups is 1. The van der Waals surface area contributed by atoms with Crippen LogP contribution in [0.1, 0.15) is 36.1 Å². The summed E-state index contributed by atoms with van der Waals surface area (Å²) < 4.78 is 4.29. The molecule has 11 heteroatoms. The number of carbonyl (C=O) groups excluding carboxylic acids is 4. The number of benzene rings is 3. The molecule has 1 unspecified atom stereocenters. The first-order chi connectivity index (χ1) is 22.0. The lowest BCUT2D eigenvalue weighted by Crippen LogP contribution is -2.60. The van der Waals surface area contributed by atoms with Gasteiger partial charge >= 0.3 is 12.0 Å². The molecule has 0 aliphatic carbocycles. The maximum Gasteiger partial charge on any atom is 0.328 e. The minimum Gasteiger partial charge on any atom is -0.467 e. The minimum atomic E-state index is -1.68. The van der Waals surface area contributed by atoms with Crippen LogP contribution in [0.25, 0.3) is 0 Å². The van der Waals surface area contributed by atoms with E-state index in [1.807, 2.05) is 106 Å². The number of nitrogens with zero attached hydrogens (tertiary/aromatic N) is 1. The number of nitrogens with one attached hydrogen (secondary N) is 3. The molecule has 0 saturated carbocycles. The van der Waals surface area contributed by atoms with Crippen molar-refractivity contribution in [3.63, 3.8) is 0 Å². The third kappa shape index (κ3) is 8.88. The van der Waals surface area contributed by atoms with E-state index in [1.165, 1.54) is 23.8 Å². The molecule has 1 heterocycles. The van der Waals surface area contributed by atoms with Gasteiger partial charge in [0, 0.05) is 17.7 Å². The third-order valence-electron chi connectivity index (χ3n) is 8.11. The summed E-state index contributed by atoms with van der Waals surface area (Å²) in [6.45, 7) is 6.05. The van der Waals surface area contributed by atoms with Crippen LogP contribution in [-0.2, 0) is 38.5 Å². The Balaban J connectivity index is 1.51. The molecule has 0 aromatic heterocycles. The second kappa shape index (κ2) is 15.8. The van der Waals surface area contributed by atoms with Gasteiger partial charge in [0.25, 0.3) is 5.91 Å². The van der Waals surface area contributed by atoms with Crippen molar-refractivity contribution < 1.29 is 29.0 Å². The lowest BCUT2D eigenvalue weighted by molar-refractivity contribution is -0.147. The molecule has 3 aromatic carbocycles. The second-order valence-electron chi connectivity index (χ2n) is 11.9. The monoisotopic (exact) mass is 646 g/mol.